The van der Waals surface area contributed by atoms with Crippen LogP contribution >= 0.6 is 0 Å². The number of hydrogen-bond donors (Lipinski definition) is 2. The van der Waals surface area contributed by atoms with E-state index in [1.165, 1.54) is 0 Å². The smallest absolute Gasteiger partial charge is 0.164 e. The van der Waals surface area contributed by atoms with Crippen molar-refractivity contribution in [1.29, 1.82) is 0 Å². The van der Waals surface area contributed by atoms with Gasteiger partial charge in [-0.1, -0.05) is 97.1 Å². The number of fused-ring (bicyclic) bond motifs is 20. The number of H-pyrrole nitrogens is 2. The number of rotatable bonds is 0. The van der Waals surface area contributed by atoms with Crippen LogP contribution in [0.4, 0.5) is 0 Å². The molecule has 9 rings (SSSR count). The molecule has 0 atom stereocenters. The van der Waals surface area contributed by atoms with Crippen molar-refractivity contribution in [2.75, 3.05) is 0 Å². The molecule has 3 aromatic heterocycles. The lowest BCUT2D eigenvalue weighted by Gasteiger charge is -1.96. The summed E-state index contributed by atoms with van der Waals surface area (Å²) in [6.07, 6.45) is 0. The molecule has 0 amide bonds. The molecule has 0 unspecified atom stereocenters. The first kappa shape index (κ1) is 23.6. The summed E-state index contributed by atoms with van der Waals surface area (Å²) < 4.78 is 0. The predicted molar refractivity (Wildman–Crippen MR) is 156 cm³/mol. The lowest BCUT2D eigenvalue weighted by molar-refractivity contribution is -0.00000821. The molecule has 2 aliphatic heterocycles. The van der Waals surface area contributed by atoms with Crippen LogP contribution in [0, 0.1) is 0 Å². The average molecular weight is 594 g/mol. The fourth-order valence-electron chi connectivity index (χ4n) is 5.59. The Kier molecular flexibility index (Phi) is 5.10. The predicted octanol–water partition coefficient (Wildman–Crippen LogP) is 3.87. The van der Waals surface area contributed by atoms with Gasteiger partial charge >= 0.3 is 0 Å². The first-order chi connectivity index (χ1) is 19.8. The lowest BCUT2D eigenvalue weighted by Crippen LogP contribution is -3.00. The van der Waals surface area contributed by atoms with Crippen molar-refractivity contribution in [2.45, 2.75) is 0 Å². The van der Waals surface area contributed by atoms with Crippen LogP contribution in [-0.2, 0) is 0 Å². The molecule has 2 aliphatic rings. The molecular weight excluding hydrogens is 576 g/mol. The number of hydrogen-bond acceptors (Lipinski definition) is 6. The Bertz CT molecular complexity index is 2030. The van der Waals surface area contributed by atoms with Gasteiger partial charge in [0.05, 0.1) is 0 Å². The van der Waals surface area contributed by atoms with E-state index in [2.05, 4.69) is 9.97 Å². The van der Waals surface area contributed by atoms with Gasteiger partial charge in [0.15, 0.2) is 23.3 Å². The van der Waals surface area contributed by atoms with Crippen LogP contribution in [0.15, 0.2) is 97.1 Å². The highest BCUT2D eigenvalue weighted by Gasteiger charge is 2.21. The van der Waals surface area contributed by atoms with Crippen LogP contribution in [0.2, 0.25) is 0 Å². The van der Waals surface area contributed by atoms with Gasteiger partial charge in [0.1, 0.15) is 22.6 Å². The van der Waals surface area contributed by atoms with Gasteiger partial charge in [-0.3, -0.25) is 0 Å². The van der Waals surface area contributed by atoms with E-state index in [9.17, 15) is 0 Å². The summed E-state index contributed by atoms with van der Waals surface area (Å²) in [5, 5.41) is 3.82. The topological polar surface area (TPSA) is 109 Å². The molecular formula is C32H18BrN8-. The SMILES string of the molecule is [Br-].c1ccc2c(c1)-c1nc-2nc2[nH]c(nc3nc(nc4[nH]c(n1)c1ccccc41)-c1ccccc1-3)c1ccccc21. The van der Waals surface area contributed by atoms with Crippen LogP contribution in [0.5, 0.6) is 0 Å². The van der Waals surface area contributed by atoms with Crippen molar-refractivity contribution in [1.82, 2.24) is 39.9 Å². The summed E-state index contributed by atoms with van der Waals surface area (Å²) in [7, 11) is 0. The Morgan fingerprint density at radius 1 is 0.317 bits per heavy atom. The first-order valence-corrected chi connectivity index (χ1v) is 13.0. The fourth-order valence-corrected chi connectivity index (χ4v) is 5.59. The van der Waals surface area contributed by atoms with Gasteiger partial charge in [-0.05, 0) is 0 Å². The maximum absolute atomic E-state index is 5.02. The van der Waals surface area contributed by atoms with Crippen molar-refractivity contribution in [2.24, 2.45) is 0 Å². The zero-order chi connectivity index (χ0) is 26.2. The summed E-state index contributed by atoms with van der Waals surface area (Å²) in [6, 6.07) is 32.2. The Labute approximate surface area is 243 Å². The number of aromatic nitrogens is 8. The molecule has 9 heteroatoms. The normalized spacial score (nSPS) is 11.7. The quantitative estimate of drug-likeness (QED) is 0.276. The maximum atomic E-state index is 5.02. The lowest BCUT2D eigenvalue weighted by atomic mass is 10.1. The third kappa shape index (κ3) is 3.52. The summed E-state index contributed by atoms with van der Waals surface area (Å²) in [4.78, 5) is 36.8. The van der Waals surface area contributed by atoms with Gasteiger partial charge in [0.25, 0.3) is 0 Å². The second kappa shape index (κ2) is 8.87. The summed E-state index contributed by atoms with van der Waals surface area (Å²) in [6.45, 7) is 0. The van der Waals surface area contributed by atoms with E-state index in [-0.39, 0.29) is 17.0 Å². The summed E-state index contributed by atoms with van der Waals surface area (Å²) >= 11 is 0. The molecule has 4 aromatic carbocycles. The van der Waals surface area contributed by atoms with Gasteiger partial charge in [-0.2, -0.15) is 0 Å². The highest BCUT2D eigenvalue weighted by Crippen LogP contribution is 2.36. The van der Waals surface area contributed by atoms with Gasteiger partial charge in [-0.25, -0.2) is 29.9 Å². The maximum Gasteiger partial charge on any atom is 0.164 e. The van der Waals surface area contributed by atoms with Crippen LogP contribution in [0.1, 0.15) is 0 Å². The number of nitrogens with one attached hydrogen (secondary N) is 2. The van der Waals surface area contributed by atoms with Gasteiger partial charge in [0, 0.05) is 43.8 Å². The zero-order valence-electron chi connectivity index (χ0n) is 21.3. The monoisotopic (exact) mass is 593 g/mol. The van der Waals surface area contributed by atoms with Crippen LogP contribution in [-0.4, -0.2) is 39.9 Å². The highest BCUT2D eigenvalue weighted by atomic mass is 79.9. The number of halogens is 1. The van der Waals surface area contributed by atoms with Crippen LogP contribution < -0.4 is 17.0 Å². The molecule has 0 aliphatic carbocycles. The molecule has 8 nitrogen and oxygen atoms in total. The molecule has 2 N–H and O–H groups in total. The first-order valence-electron chi connectivity index (χ1n) is 13.0. The standard InChI is InChI=1S/C32H18N8.BrH/c1-2-10-18-17(9-1)25-33-26(18)38-28-21-13-5-6-14-22(21)30(35-28)40-32-24-16-8-7-15-23(24)31(36-32)39-29-20-12-4-3-11-19(20)27(34-29)37-25;/h1-16H,(H2,33,34,35,36,37,38,39,40);1H/p-1. The van der Waals surface area contributed by atoms with Crippen molar-refractivity contribution < 1.29 is 17.0 Å². The van der Waals surface area contributed by atoms with E-state index in [0.717, 1.165) is 43.8 Å². The van der Waals surface area contributed by atoms with E-state index in [4.69, 9.17) is 29.9 Å². The molecule has 0 spiro atoms. The van der Waals surface area contributed by atoms with Crippen molar-refractivity contribution >= 4 is 44.1 Å². The molecule has 0 saturated heterocycles. The second-order valence-corrected chi connectivity index (χ2v) is 9.79. The molecule has 5 heterocycles. The third-order valence-electron chi connectivity index (χ3n) is 7.46. The minimum absolute atomic E-state index is 0. The molecule has 194 valence electrons. The number of nitrogens with zero attached hydrogens (tertiary/aromatic N) is 6. The van der Waals surface area contributed by atoms with Crippen LogP contribution in [0.3, 0.4) is 0 Å². The minimum atomic E-state index is 0. The molecule has 7 aromatic rings. The summed E-state index contributed by atoms with van der Waals surface area (Å²) in [5.41, 5.74) is 6.45. The Hall–Kier alpha value is -5.28. The fraction of sp³-hybridized carbons (Fsp3) is 0. The van der Waals surface area contributed by atoms with Crippen molar-refractivity contribution in [3.8, 4) is 45.6 Å². The largest absolute Gasteiger partial charge is 1.00 e. The number of benzene rings is 4. The van der Waals surface area contributed by atoms with Gasteiger partial charge in [-0.15, -0.1) is 0 Å². The Morgan fingerprint density at radius 3 is 0.829 bits per heavy atom. The van der Waals surface area contributed by atoms with E-state index in [0.29, 0.717) is 45.9 Å². The molecule has 8 bridgehead atoms. The number of aromatic amines is 2. The second-order valence-electron chi connectivity index (χ2n) is 9.79. The summed E-state index contributed by atoms with van der Waals surface area (Å²) in [5.74, 6) is 2.39. The minimum Gasteiger partial charge on any atom is -1.00 e. The highest BCUT2D eigenvalue weighted by molar-refractivity contribution is 6.06. The van der Waals surface area contributed by atoms with E-state index in [1.807, 2.05) is 97.1 Å². The molecule has 41 heavy (non-hydrogen) atoms. The Morgan fingerprint density at radius 2 is 0.561 bits per heavy atom. The molecule has 0 saturated carbocycles. The third-order valence-corrected chi connectivity index (χ3v) is 7.46. The van der Waals surface area contributed by atoms with Crippen molar-refractivity contribution in [3.63, 3.8) is 0 Å². The average Bonchev–Trinajstić information content (AvgIpc) is 3.73. The van der Waals surface area contributed by atoms with Gasteiger partial charge in [0.2, 0.25) is 0 Å². The zero-order valence-corrected chi connectivity index (χ0v) is 22.9. The Balaban J connectivity index is 0.00000256. The molecule has 0 radical (unpaired) electrons. The van der Waals surface area contributed by atoms with Gasteiger partial charge < -0.3 is 26.9 Å². The molecule has 0 fully saturated rings. The van der Waals surface area contributed by atoms with Crippen LogP contribution in [0.25, 0.3) is 89.7 Å². The van der Waals surface area contributed by atoms with E-state index in [1.54, 1.807) is 0 Å². The van der Waals surface area contributed by atoms with E-state index >= 15 is 0 Å². The van der Waals surface area contributed by atoms with Crippen molar-refractivity contribution in [3.05, 3.63) is 97.1 Å². The van der Waals surface area contributed by atoms with E-state index < -0.39 is 0 Å².